The van der Waals surface area contributed by atoms with Gasteiger partial charge in [0, 0.05) is 18.2 Å². The van der Waals surface area contributed by atoms with E-state index in [2.05, 4.69) is 17.6 Å². The fourth-order valence-corrected chi connectivity index (χ4v) is 3.21. The minimum Gasteiger partial charge on any atom is -0.347 e. The summed E-state index contributed by atoms with van der Waals surface area (Å²) in [4.78, 5) is 38.0. The molecule has 2 fully saturated rings. The van der Waals surface area contributed by atoms with Crippen LogP contribution in [0, 0.1) is 0 Å². The molecule has 0 unspecified atom stereocenters. The van der Waals surface area contributed by atoms with Crippen LogP contribution in [0.2, 0.25) is 0 Å². The summed E-state index contributed by atoms with van der Waals surface area (Å²) < 4.78 is 0. The molecule has 1 aromatic carbocycles. The molecule has 2 aliphatic rings. The van der Waals surface area contributed by atoms with Crippen LogP contribution >= 0.6 is 0 Å². The molecule has 0 bridgehead atoms. The second-order valence-electron chi connectivity index (χ2n) is 6.19. The first-order valence-electron chi connectivity index (χ1n) is 8.00. The van der Waals surface area contributed by atoms with E-state index >= 15 is 0 Å². The molecule has 3 amide bonds. The molecule has 23 heavy (non-hydrogen) atoms. The molecule has 6 heteroatoms. The molecule has 1 aromatic rings. The second kappa shape index (κ2) is 6.02. The third-order valence-electron chi connectivity index (χ3n) is 4.58. The van der Waals surface area contributed by atoms with Crippen molar-refractivity contribution in [3.63, 3.8) is 0 Å². The van der Waals surface area contributed by atoms with Gasteiger partial charge in [-0.1, -0.05) is 19.1 Å². The van der Waals surface area contributed by atoms with Crippen LogP contribution in [0.25, 0.3) is 0 Å². The number of fused-ring (bicyclic) bond motifs is 1. The van der Waals surface area contributed by atoms with Crippen LogP contribution in [0.4, 0.5) is 0 Å². The summed E-state index contributed by atoms with van der Waals surface area (Å²) in [7, 11) is 0. The molecular weight excluding hydrogens is 294 g/mol. The number of amides is 3. The average Bonchev–Trinajstić information content (AvgIpc) is 2.97. The zero-order valence-electron chi connectivity index (χ0n) is 13.3. The molecular formula is C17H21N3O3. The van der Waals surface area contributed by atoms with E-state index in [1.165, 1.54) is 5.56 Å². The molecule has 3 rings (SSSR count). The molecule has 0 aliphatic carbocycles. The maximum absolute atomic E-state index is 12.3. The van der Waals surface area contributed by atoms with Gasteiger partial charge in [0.15, 0.2) is 0 Å². The quantitative estimate of drug-likeness (QED) is 0.851. The second-order valence-corrected chi connectivity index (χ2v) is 6.19. The van der Waals surface area contributed by atoms with Gasteiger partial charge in [0.25, 0.3) is 5.91 Å². The Morgan fingerprint density at radius 2 is 2.00 bits per heavy atom. The monoisotopic (exact) mass is 315 g/mol. The summed E-state index contributed by atoms with van der Waals surface area (Å²) in [6.07, 6.45) is 1.39. The van der Waals surface area contributed by atoms with E-state index in [1.807, 2.05) is 12.1 Å². The molecule has 2 N–H and O–H groups in total. The first kappa shape index (κ1) is 15.5. The fraction of sp³-hybridized carbons (Fsp3) is 0.471. The smallest absolute Gasteiger partial charge is 0.251 e. The normalized spacial score (nSPS) is 26.7. The Labute approximate surface area is 135 Å². The van der Waals surface area contributed by atoms with Crippen molar-refractivity contribution in [2.24, 2.45) is 0 Å². The predicted molar refractivity (Wildman–Crippen MR) is 84.8 cm³/mol. The lowest BCUT2D eigenvalue weighted by Gasteiger charge is -2.32. The number of carbonyl (C=O) groups excluding carboxylic acids is 3. The summed E-state index contributed by atoms with van der Waals surface area (Å²) >= 11 is 0. The zero-order chi connectivity index (χ0) is 16.6. The highest BCUT2D eigenvalue weighted by atomic mass is 16.2. The molecule has 2 saturated heterocycles. The lowest BCUT2D eigenvalue weighted by atomic mass is 10.1. The topological polar surface area (TPSA) is 78.5 Å². The highest BCUT2D eigenvalue weighted by molar-refractivity contribution is 5.98. The number of nitrogens with one attached hydrogen (secondary N) is 2. The maximum Gasteiger partial charge on any atom is 0.251 e. The fourth-order valence-electron chi connectivity index (χ4n) is 3.21. The van der Waals surface area contributed by atoms with Gasteiger partial charge in [-0.3, -0.25) is 14.4 Å². The Morgan fingerprint density at radius 1 is 1.30 bits per heavy atom. The van der Waals surface area contributed by atoms with E-state index in [0.29, 0.717) is 18.5 Å². The highest BCUT2D eigenvalue weighted by Gasteiger charge is 2.45. The Bertz CT molecular complexity index is 641. The van der Waals surface area contributed by atoms with Gasteiger partial charge in [0.2, 0.25) is 11.8 Å². The molecule has 0 radical (unpaired) electrons. The number of hydrogen-bond donors (Lipinski definition) is 2. The number of rotatable bonds is 3. The first-order valence-corrected chi connectivity index (χ1v) is 8.00. The molecule has 0 aromatic heterocycles. The van der Waals surface area contributed by atoms with Gasteiger partial charge in [-0.15, -0.1) is 0 Å². The van der Waals surface area contributed by atoms with Gasteiger partial charge < -0.3 is 15.5 Å². The van der Waals surface area contributed by atoms with Crippen molar-refractivity contribution in [1.29, 1.82) is 0 Å². The number of benzene rings is 1. The van der Waals surface area contributed by atoms with Crippen molar-refractivity contribution in [2.45, 2.75) is 44.8 Å². The summed E-state index contributed by atoms with van der Waals surface area (Å²) in [5.41, 5.74) is 1.77. The summed E-state index contributed by atoms with van der Waals surface area (Å²) in [5, 5.41) is 5.61. The van der Waals surface area contributed by atoms with Crippen LogP contribution in [-0.2, 0) is 16.0 Å². The van der Waals surface area contributed by atoms with Crippen LogP contribution < -0.4 is 10.6 Å². The van der Waals surface area contributed by atoms with E-state index < -0.39 is 12.1 Å². The van der Waals surface area contributed by atoms with E-state index in [1.54, 1.807) is 24.0 Å². The van der Waals surface area contributed by atoms with Crippen molar-refractivity contribution in [3.05, 3.63) is 35.4 Å². The maximum atomic E-state index is 12.3. The SMILES string of the molecule is CCc1ccc(C(=O)N[C@H]2C[C@H]3C(=O)N[C@@H](C)C(=O)N3C2)cc1. The van der Waals surface area contributed by atoms with Gasteiger partial charge >= 0.3 is 0 Å². The van der Waals surface area contributed by atoms with E-state index in [0.717, 1.165) is 6.42 Å². The Balaban J connectivity index is 1.66. The van der Waals surface area contributed by atoms with E-state index in [4.69, 9.17) is 0 Å². The Kier molecular flexibility index (Phi) is 4.07. The Morgan fingerprint density at radius 3 is 2.65 bits per heavy atom. The minimum absolute atomic E-state index is 0.0846. The van der Waals surface area contributed by atoms with Crippen molar-refractivity contribution < 1.29 is 14.4 Å². The van der Waals surface area contributed by atoms with E-state index in [9.17, 15) is 14.4 Å². The van der Waals surface area contributed by atoms with Crippen LogP contribution in [-0.4, -0.2) is 47.3 Å². The number of piperazine rings is 1. The number of hydrogen-bond acceptors (Lipinski definition) is 3. The van der Waals surface area contributed by atoms with Crippen LogP contribution in [0.1, 0.15) is 36.2 Å². The van der Waals surface area contributed by atoms with Crippen LogP contribution in [0.5, 0.6) is 0 Å². The molecule has 0 saturated carbocycles. The Hall–Kier alpha value is -2.37. The summed E-state index contributed by atoms with van der Waals surface area (Å²) in [6, 6.07) is 6.32. The molecule has 0 spiro atoms. The number of aryl methyl sites for hydroxylation is 1. The lowest BCUT2D eigenvalue weighted by Crippen LogP contribution is -2.60. The molecule has 2 heterocycles. The van der Waals surface area contributed by atoms with Crippen molar-refractivity contribution in [3.8, 4) is 0 Å². The number of carbonyl (C=O) groups is 3. The van der Waals surface area contributed by atoms with Gasteiger partial charge in [0.05, 0.1) is 0 Å². The van der Waals surface area contributed by atoms with Gasteiger partial charge in [0.1, 0.15) is 12.1 Å². The van der Waals surface area contributed by atoms with Crippen molar-refractivity contribution >= 4 is 17.7 Å². The van der Waals surface area contributed by atoms with Crippen molar-refractivity contribution in [1.82, 2.24) is 15.5 Å². The van der Waals surface area contributed by atoms with E-state index in [-0.39, 0.29) is 23.8 Å². The predicted octanol–water partition coefficient (Wildman–Crippen LogP) is 0.467. The third kappa shape index (κ3) is 2.93. The largest absolute Gasteiger partial charge is 0.347 e. The van der Waals surface area contributed by atoms with Gasteiger partial charge in [-0.05, 0) is 37.5 Å². The lowest BCUT2D eigenvalue weighted by molar-refractivity contribution is -0.146. The van der Waals surface area contributed by atoms with Gasteiger partial charge in [-0.2, -0.15) is 0 Å². The van der Waals surface area contributed by atoms with Crippen LogP contribution in [0.3, 0.4) is 0 Å². The van der Waals surface area contributed by atoms with Crippen molar-refractivity contribution in [2.75, 3.05) is 6.54 Å². The molecule has 2 aliphatic heterocycles. The molecule has 122 valence electrons. The minimum atomic E-state index is -0.491. The van der Waals surface area contributed by atoms with Crippen LogP contribution in [0.15, 0.2) is 24.3 Å². The number of nitrogens with zero attached hydrogens (tertiary/aromatic N) is 1. The molecule has 6 nitrogen and oxygen atoms in total. The zero-order valence-corrected chi connectivity index (χ0v) is 13.3. The summed E-state index contributed by atoms with van der Waals surface area (Å²) in [5.74, 6) is -0.391. The molecule has 3 atom stereocenters. The first-order chi connectivity index (χ1) is 11.0. The standard InChI is InChI=1S/C17H21N3O3/c1-3-11-4-6-12(7-5-11)15(21)19-13-8-14-16(22)18-10(2)17(23)20(14)9-13/h4-7,10,13-14H,3,8-9H2,1-2H3,(H,18,22)(H,19,21)/t10-,13-,14-/m0/s1. The average molecular weight is 315 g/mol. The highest BCUT2D eigenvalue weighted by Crippen LogP contribution is 2.22. The third-order valence-corrected chi connectivity index (χ3v) is 4.58. The van der Waals surface area contributed by atoms with Gasteiger partial charge in [-0.25, -0.2) is 0 Å². The summed E-state index contributed by atoms with van der Waals surface area (Å²) in [6.45, 7) is 4.13.